The second kappa shape index (κ2) is 6.69. The number of phenols is 1. The molecule has 0 amide bonds. The van der Waals surface area contributed by atoms with Gasteiger partial charge in [0, 0.05) is 5.56 Å². The number of para-hydroxylation sites is 1. The molecule has 4 nitrogen and oxygen atoms in total. The van der Waals surface area contributed by atoms with Gasteiger partial charge < -0.3 is 5.11 Å². The van der Waals surface area contributed by atoms with Crippen molar-refractivity contribution in [3.05, 3.63) is 71.8 Å². The van der Waals surface area contributed by atoms with Gasteiger partial charge in [0.05, 0.1) is 15.9 Å². The molecule has 26 heavy (non-hydrogen) atoms. The van der Waals surface area contributed by atoms with Gasteiger partial charge in [-0.25, -0.2) is 4.98 Å². The van der Waals surface area contributed by atoms with Crippen molar-refractivity contribution < 1.29 is 5.11 Å². The summed E-state index contributed by atoms with van der Waals surface area (Å²) < 4.78 is 1.20. The molecule has 0 aliphatic carbocycles. The highest BCUT2D eigenvalue weighted by molar-refractivity contribution is 7.21. The number of phenolic OH excluding ortho intramolecular Hbond substituents is 1. The van der Waals surface area contributed by atoms with Crippen LogP contribution in [0.25, 0.3) is 20.8 Å². The highest BCUT2D eigenvalue weighted by Gasteiger charge is 2.09. The molecule has 128 valence electrons. The molecule has 0 atom stereocenters. The monoisotopic (exact) mass is 359 g/mol. The fourth-order valence-electron chi connectivity index (χ4n) is 2.68. The van der Waals surface area contributed by atoms with Crippen LogP contribution in [-0.4, -0.2) is 10.1 Å². The number of nitrogens with zero attached hydrogens (tertiary/aromatic N) is 3. The summed E-state index contributed by atoms with van der Waals surface area (Å²) in [6, 6.07) is 19.0. The third-order valence-electron chi connectivity index (χ3n) is 4.35. The van der Waals surface area contributed by atoms with Gasteiger partial charge in [0.1, 0.15) is 16.4 Å². The molecule has 0 saturated carbocycles. The number of aromatic nitrogens is 1. The van der Waals surface area contributed by atoms with Gasteiger partial charge in [0.25, 0.3) is 0 Å². The largest absolute Gasteiger partial charge is 0.506 e. The van der Waals surface area contributed by atoms with E-state index >= 15 is 0 Å². The molecule has 0 spiro atoms. The van der Waals surface area contributed by atoms with E-state index in [4.69, 9.17) is 4.98 Å². The fourth-order valence-corrected chi connectivity index (χ4v) is 3.71. The van der Waals surface area contributed by atoms with Gasteiger partial charge in [-0.3, -0.25) is 0 Å². The van der Waals surface area contributed by atoms with Gasteiger partial charge in [-0.2, -0.15) is 5.11 Å². The SMILES string of the molecule is Cc1ccc2sc(-c3ccc(N=Nc4ccccc4O)cc3)nc2c1C. The summed E-state index contributed by atoms with van der Waals surface area (Å²) in [6.07, 6.45) is 0. The number of thiazole rings is 1. The van der Waals surface area contributed by atoms with Crippen LogP contribution in [-0.2, 0) is 0 Å². The third kappa shape index (κ3) is 3.09. The van der Waals surface area contributed by atoms with Crippen molar-refractivity contribution in [2.24, 2.45) is 10.2 Å². The maximum absolute atomic E-state index is 9.73. The van der Waals surface area contributed by atoms with Crippen LogP contribution in [0.5, 0.6) is 5.75 Å². The molecule has 1 heterocycles. The van der Waals surface area contributed by atoms with E-state index in [9.17, 15) is 5.11 Å². The smallest absolute Gasteiger partial charge is 0.143 e. The van der Waals surface area contributed by atoms with Crippen molar-refractivity contribution in [3.8, 4) is 16.3 Å². The molecule has 4 aromatic rings. The minimum Gasteiger partial charge on any atom is -0.506 e. The summed E-state index contributed by atoms with van der Waals surface area (Å²) in [7, 11) is 0. The molecule has 0 saturated heterocycles. The zero-order chi connectivity index (χ0) is 18.1. The van der Waals surface area contributed by atoms with Crippen LogP contribution in [0.2, 0.25) is 0 Å². The van der Waals surface area contributed by atoms with Crippen molar-refractivity contribution in [2.45, 2.75) is 13.8 Å². The minimum atomic E-state index is 0.119. The average Bonchev–Trinajstić information content (AvgIpc) is 3.10. The second-order valence-electron chi connectivity index (χ2n) is 6.11. The van der Waals surface area contributed by atoms with Crippen molar-refractivity contribution in [1.82, 2.24) is 4.98 Å². The number of aromatic hydroxyl groups is 1. The Morgan fingerprint density at radius 2 is 1.65 bits per heavy atom. The Morgan fingerprint density at radius 1 is 0.885 bits per heavy atom. The van der Waals surface area contributed by atoms with E-state index in [2.05, 4.69) is 36.2 Å². The van der Waals surface area contributed by atoms with E-state index < -0.39 is 0 Å². The fraction of sp³-hybridized carbons (Fsp3) is 0.0952. The first-order chi connectivity index (χ1) is 12.6. The molecule has 5 heteroatoms. The summed E-state index contributed by atoms with van der Waals surface area (Å²) in [5, 5.41) is 19.0. The molecule has 1 aromatic heterocycles. The van der Waals surface area contributed by atoms with Crippen molar-refractivity contribution in [2.75, 3.05) is 0 Å². The number of hydrogen-bond donors (Lipinski definition) is 1. The number of hydrogen-bond acceptors (Lipinski definition) is 5. The number of benzene rings is 3. The number of aryl methyl sites for hydroxylation is 2. The Bertz CT molecular complexity index is 1110. The third-order valence-corrected chi connectivity index (χ3v) is 5.42. The summed E-state index contributed by atoms with van der Waals surface area (Å²) in [5.74, 6) is 0.119. The quantitative estimate of drug-likeness (QED) is 0.414. The average molecular weight is 359 g/mol. The maximum Gasteiger partial charge on any atom is 0.143 e. The van der Waals surface area contributed by atoms with Crippen LogP contribution in [0, 0.1) is 13.8 Å². The molecule has 0 radical (unpaired) electrons. The minimum absolute atomic E-state index is 0.119. The second-order valence-corrected chi connectivity index (χ2v) is 7.14. The van der Waals surface area contributed by atoms with Gasteiger partial charge >= 0.3 is 0 Å². The first-order valence-corrected chi connectivity index (χ1v) is 9.10. The predicted octanol–water partition coefficient (Wildman–Crippen LogP) is 6.70. The van der Waals surface area contributed by atoms with Crippen LogP contribution in [0.4, 0.5) is 11.4 Å². The van der Waals surface area contributed by atoms with Gasteiger partial charge in [-0.1, -0.05) is 18.2 Å². The van der Waals surface area contributed by atoms with E-state index in [-0.39, 0.29) is 5.75 Å². The zero-order valence-electron chi connectivity index (χ0n) is 14.5. The van der Waals surface area contributed by atoms with Gasteiger partial charge in [0.2, 0.25) is 0 Å². The lowest BCUT2D eigenvalue weighted by Gasteiger charge is -1.99. The van der Waals surface area contributed by atoms with Crippen LogP contribution in [0.3, 0.4) is 0 Å². The van der Waals surface area contributed by atoms with Crippen LogP contribution in [0.15, 0.2) is 70.9 Å². The zero-order valence-corrected chi connectivity index (χ0v) is 15.3. The molecule has 4 rings (SSSR count). The summed E-state index contributed by atoms with van der Waals surface area (Å²) >= 11 is 1.69. The Hall–Kier alpha value is -3.05. The molecule has 0 aliphatic rings. The van der Waals surface area contributed by atoms with E-state index in [0.717, 1.165) is 21.8 Å². The van der Waals surface area contributed by atoms with Crippen LogP contribution >= 0.6 is 11.3 Å². The number of azo groups is 1. The van der Waals surface area contributed by atoms with E-state index in [1.807, 2.05) is 30.3 Å². The number of rotatable bonds is 3. The summed E-state index contributed by atoms with van der Waals surface area (Å²) in [5.41, 5.74) is 5.81. The lowest BCUT2D eigenvalue weighted by Crippen LogP contribution is -1.82. The molecule has 0 unspecified atom stereocenters. The molecule has 1 N–H and O–H groups in total. The lowest BCUT2D eigenvalue weighted by atomic mass is 10.1. The first-order valence-electron chi connectivity index (χ1n) is 8.29. The standard InChI is InChI=1S/C21H17N3OS/c1-13-7-12-19-20(14(13)2)22-21(26-19)15-8-10-16(11-9-15)23-24-17-5-3-4-6-18(17)25/h3-12,25H,1-2H3. The van der Waals surface area contributed by atoms with E-state index in [1.165, 1.54) is 15.8 Å². The normalized spacial score (nSPS) is 11.5. The maximum atomic E-state index is 9.73. The molecule has 0 aliphatic heterocycles. The molecular weight excluding hydrogens is 342 g/mol. The van der Waals surface area contributed by atoms with Crippen LogP contribution < -0.4 is 0 Å². The van der Waals surface area contributed by atoms with E-state index in [0.29, 0.717) is 5.69 Å². The van der Waals surface area contributed by atoms with Crippen molar-refractivity contribution in [1.29, 1.82) is 0 Å². The topological polar surface area (TPSA) is 57.8 Å². The molecular formula is C21H17N3OS. The highest BCUT2D eigenvalue weighted by Crippen LogP contribution is 2.34. The predicted molar refractivity (Wildman–Crippen MR) is 107 cm³/mol. The Balaban J connectivity index is 1.62. The summed E-state index contributed by atoms with van der Waals surface area (Å²) in [6.45, 7) is 4.22. The molecule has 0 bridgehead atoms. The van der Waals surface area contributed by atoms with Crippen molar-refractivity contribution in [3.63, 3.8) is 0 Å². The summed E-state index contributed by atoms with van der Waals surface area (Å²) in [4.78, 5) is 4.81. The Kier molecular flexibility index (Phi) is 4.22. The lowest BCUT2D eigenvalue weighted by molar-refractivity contribution is 0.476. The Morgan fingerprint density at radius 3 is 2.42 bits per heavy atom. The van der Waals surface area contributed by atoms with Crippen molar-refractivity contribution >= 4 is 32.9 Å². The highest BCUT2D eigenvalue weighted by atomic mass is 32.1. The molecule has 0 fully saturated rings. The van der Waals surface area contributed by atoms with Gasteiger partial charge in [-0.05, 0) is 67.4 Å². The molecule has 3 aromatic carbocycles. The van der Waals surface area contributed by atoms with Gasteiger partial charge in [-0.15, -0.1) is 16.5 Å². The van der Waals surface area contributed by atoms with E-state index in [1.54, 1.807) is 29.5 Å². The number of fused-ring (bicyclic) bond motifs is 1. The first kappa shape index (κ1) is 16.4. The Labute approximate surface area is 155 Å². The van der Waals surface area contributed by atoms with Crippen LogP contribution in [0.1, 0.15) is 11.1 Å². The van der Waals surface area contributed by atoms with Gasteiger partial charge in [0.15, 0.2) is 0 Å².